The van der Waals surface area contributed by atoms with Gasteiger partial charge in [-0.3, -0.25) is 19.1 Å². The van der Waals surface area contributed by atoms with Crippen LogP contribution in [0.4, 0.5) is 0 Å². The molecule has 0 radical (unpaired) electrons. The number of hydrogen-bond donors (Lipinski definition) is 2. The Balaban J connectivity index is 1.17. The number of aromatic nitrogens is 2. The molecule has 14 heteroatoms. The van der Waals surface area contributed by atoms with Gasteiger partial charge in [0.2, 0.25) is 21.8 Å². The number of carbonyl (C=O) groups excluding carboxylic acids is 3. The molecule has 254 valence electrons. The largest absolute Gasteiger partial charge is 0.497 e. The second-order valence-electron chi connectivity index (χ2n) is 13.1. The minimum absolute atomic E-state index is 0.149. The maximum atomic E-state index is 14.1. The van der Waals surface area contributed by atoms with Crippen molar-refractivity contribution in [1.82, 2.24) is 24.9 Å². The normalized spacial score (nSPS) is 26.5. The highest BCUT2D eigenvalue weighted by Crippen LogP contribution is 2.46. The van der Waals surface area contributed by atoms with Gasteiger partial charge < -0.3 is 19.7 Å². The molecule has 12 nitrogen and oxygen atoms in total. The maximum Gasteiger partial charge on any atom is 0.259 e. The van der Waals surface area contributed by atoms with Crippen molar-refractivity contribution < 1.29 is 32.3 Å². The molecule has 4 heterocycles. The number of nitrogens with one attached hydrogen (secondary N) is 2. The van der Waals surface area contributed by atoms with E-state index in [0.717, 1.165) is 36.1 Å². The molecule has 4 aliphatic rings. The molecule has 4 atom stereocenters. The number of methoxy groups -OCH3 is 1. The Morgan fingerprint density at radius 1 is 1.15 bits per heavy atom. The molecule has 0 spiro atoms. The Bertz CT molecular complexity index is 1860. The van der Waals surface area contributed by atoms with Crippen LogP contribution >= 0.6 is 11.3 Å². The van der Waals surface area contributed by atoms with Gasteiger partial charge >= 0.3 is 0 Å². The summed E-state index contributed by atoms with van der Waals surface area (Å²) in [7, 11) is -2.23. The summed E-state index contributed by atoms with van der Waals surface area (Å²) in [6, 6.07) is 6.45. The average molecular weight is 694 g/mol. The zero-order chi connectivity index (χ0) is 33.5. The quantitative estimate of drug-likeness (QED) is 0.348. The summed E-state index contributed by atoms with van der Waals surface area (Å²) >= 11 is 1.45. The number of thiazole rings is 1. The Morgan fingerprint density at radius 2 is 1.98 bits per heavy atom. The molecule has 48 heavy (non-hydrogen) atoms. The predicted molar refractivity (Wildman–Crippen MR) is 180 cm³/mol. The lowest BCUT2D eigenvalue weighted by Gasteiger charge is -2.26. The Kier molecular flexibility index (Phi) is 8.88. The molecule has 3 aromatic rings. The van der Waals surface area contributed by atoms with Crippen LogP contribution < -0.4 is 19.5 Å². The van der Waals surface area contributed by atoms with E-state index in [1.165, 1.54) is 11.3 Å². The molecule has 2 N–H and O–H groups in total. The summed E-state index contributed by atoms with van der Waals surface area (Å²) < 4.78 is 39.7. The number of carbonyl (C=O) groups is 3. The van der Waals surface area contributed by atoms with Crippen LogP contribution in [0.15, 0.2) is 48.0 Å². The molecule has 0 unspecified atom stereocenters. The summed E-state index contributed by atoms with van der Waals surface area (Å²) in [4.78, 5) is 52.0. The number of nitrogens with zero attached hydrogens (tertiary/aromatic N) is 3. The first-order valence-electron chi connectivity index (χ1n) is 16.6. The highest BCUT2D eigenvalue weighted by atomic mass is 32.2. The van der Waals surface area contributed by atoms with Gasteiger partial charge in [-0.25, -0.2) is 18.4 Å². The van der Waals surface area contributed by atoms with Gasteiger partial charge in [-0.1, -0.05) is 25.0 Å². The van der Waals surface area contributed by atoms with Crippen LogP contribution in [0.25, 0.3) is 21.6 Å². The molecular formula is C34H39N5O7S2. The van der Waals surface area contributed by atoms with Gasteiger partial charge in [-0.15, -0.1) is 11.3 Å². The van der Waals surface area contributed by atoms with Crippen LogP contribution in [-0.4, -0.2) is 77.6 Å². The number of ether oxygens (including phenoxy) is 2. The Labute approximate surface area is 283 Å². The number of amides is 3. The highest BCUT2D eigenvalue weighted by molar-refractivity contribution is 7.91. The van der Waals surface area contributed by atoms with Crippen molar-refractivity contribution in [3.8, 4) is 22.2 Å². The van der Waals surface area contributed by atoms with E-state index in [0.29, 0.717) is 48.4 Å². The third-order valence-electron chi connectivity index (χ3n) is 9.65. The van der Waals surface area contributed by atoms with E-state index >= 15 is 0 Å². The molecule has 7 rings (SSSR count). The molecule has 2 aliphatic carbocycles. The molecule has 2 aliphatic heterocycles. The van der Waals surface area contributed by atoms with Crippen molar-refractivity contribution in [1.29, 1.82) is 0 Å². The first kappa shape index (κ1) is 32.5. The number of fused-ring (bicyclic) bond motifs is 3. The second-order valence-corrected chi connectivity index (χ2v) is 15.9. The second kappa shape index (κ2) is 13.1. The van der Waals surface area contributed by atoms with Crippen molar-refractivity contribution in [2.75, 3.05) is 13.7 Å². The topological polar surface area (TPSA) is 157 Å². The van der Waals surface area contributed by atoms with Gasteiger partial charge in [-0.2, -0.15) is 0 Å². The molecule has 0 bridgehead atoms. The monoisotopic (exact) mass is 693 g/mol. The highest BCUT2D eigenvalue weighted by Gasteiger charge is 2.62. The summed E-state index contributed by atoms with van der Waals surface area (Å²) in [6.45, 7) is 0.183. The van der Waals surface area contributed by atoms with Crippen molar-refractivity contribution in [3.63, 3.8) is 0 Å². The fourth-order valence-corrected chi connectivity index (χ4v) is 8.67. The van der Waals surface area contributed by atoms with Crippen LogP contribution in [0, 0.1) is 5.92 Å². The summed E-state index contributed by atoms with van der Waals surface area (Å²) in [5, 5.41) is 5.68. The Hall–Kier alpha value is -4.04. The van der Waals surface area contributed by atoms with E-state index in [2.05, 4.69) is 15.0 Å². The molecule has 1 aromatic carbocycles. The summed E-state index contributed by atoms with van der Waals surface area (Å²) in [6.07, 6.45) is 11.2. The lowest BCUT2D eigenvalue weighted by atomic mass is 10.1. The number of allylic oxidation sites excluding steroid dienone is 1. The van der Waals surface area contributed by atoms with E-state index < -0.39 is 44.8 Å². The van der Waals surface area contributed by atoms with Crippen LogP contribution in [0.2, 0.25) is 0 Å². The minimum atomic E-state index is -3.82. The third-order valence-corrected chi connectivity index (χ3v) is 12.3. The van der Waals surface area contributed by atoms with Gasteiger partial charge in [0.25, 0.3) is 5.91 Å². The van der Waals surface area contributed by atoms with Crippen LogP contribution in [-0.2, 0) is 24.4 Å². The predicted octanol–water partition coefficient (Wildman–Crippen LogP) is 4.11. The summed E-state index contributed by atoms with van der Waals surface area (Å²) in [5.74, 6) is -0.526. The molecule has 1 saturated heterocycles. The lowest BCUT2D eigenvalue weighted by molar-refractivity contribution is -0.139. The van der Waals surface area contributed by atoms with E-state index in [4.69, 9.17) is 14.5 Å². The fraction of sp³-hybridized carbons (Fsp3) is 0.500. The number of pyridine rings is 1. The fourth-order valence-electron chi connectivity index (χ4n) is 6.71. The summed E-state index contributed by atoms with van der Waals surface area (Å²) in [5.41, 5.74) is -0.114. The van der Waals surface area contributed by atoms with Gasteiger partial charge in [0.05, 0.1) is 24.4 Å². The van der Waals surface area contributed by atoms with Crippen molar-refractivity contribution in [2.24, 2.45) is 5.92 Å². The molecular weight excluding hydrogens is 655 g/mol. The standard InChI is InChI=1S/C34H39N5O7S2/c1-45-22-10-13-25-26(16-22)36-27(32-35-14-15-47-32)18-29(25)46-23-17-28-31(41)37-34(33(42)38-48(43,44)24-11-12-24)19-21(34)8-6-4-2-3-5-7-9-30(40)39(28)20-23/h6,8,10,13-16,18,21,23-24,28H,2-5,7,9,11-12,17,19-20H2,1H3,(H,37,41)(H,38,42)/t21-,23-,28+,34-/m1/s1. The minimum Gasteiger partial charge on any atom is -0.497 e. The maximum absolute atomic E-state index is 14.1. The van der Waals surface area contributed by atoms with Gasteiger partial charge in [0.1, 0.15) is 39.9 Å². The van der Waals surface area contributed by atoms with Gasteiger partial charge in [0.15, 0.2) is 0 Å². The van der Waals surface area contributed by atoms with E-state index in [-0.39, 0.29) is 31.2 Å². The SMILES string of the molecule is COc1ccc2c(O[C@@H]3C[C@H]4C(=O)N[C@]5(C(=O)NS(=O)(=O)C6CC6)C[C@H]5C=CCCCCCCC(=O)N4C3)cc(-c3nccs3)nc2c1. The van der Waals surface area contributed by atoms with Crippen molar-refractivity contribution >= 4 is 50.0 Å². The number of benzene rings is 1. The zero-order valence-corrected chi connectivity index (χ0v) is 28.4. The van der Waals surface area contributed by atoms with Gasteiger partial charge in [0, 0.05) is 47.9 Å². The van der Waals surface area contributed by atoms with E-state index in [1.807, 2.05) is 41.8 Å². The number of sulfonamides is 1. The first-order valence-corrected chi connectivity index (χ1v) is 19.0. The van der Waals surface area contributed by atoms with Crippen LogP contribution in [0.3, 0.4) is 0 Å². The Morgan fingerprint density at radius 3 is 2.75 bits per heavy atom. The number of hydrogen-bond acceptors (Lipinski definition) is 10. The number of rotatable bonds is 7. The zero-order valence-electron chi connectivity index (χ0n) is 26.7. The van der Waals surface area contributed by atoms with Crippen molar-refractivity contribution in [3.05, 3.63) is 48.0 Å². The van der Waals surface area contributed by atoms with Crippen LogP contribution in [0.5, 0.6) is 11.5 Å². The average Bonchev–Trinajstić information content (AvgIpc) is 3.93. The molecule has 3 fully saturated rings. The van der Waals surface area contributed by atoms with Crippen molar-refractivity contribution in [2.45, 2.75) is 87.1 Å². The lowest BCUT2D eigenvalue weighted by Crippen LogP contribution is -2.56. The molecule has 2 aromatic heterocycles. The van der Waals surface area contributed by atoms with Crippen LogP contribution in [0.1, 0.15) is 64.2 Å². The van der Waals surface area contributed by atoms with Gasteiger partial charge in [-0.05, 0) is 50.7 Å². The smallest absolute Gasteiger partial charge is 0.259 e. The third kappa shape index (κ3) is 6.64. The molecule has 2 saturated carbocycles. The first-order chi connectivity index (χ1) is 23.2. The molecule has 3 amide bonds. The van der Waals surface area contributed by atoms with E-state index in [9.17, 15) is 22.8 Å². The van der Waals surface area contributed by atoms with E-state index in [1.54, 1.807) is 18.2 Å².